The van der Waals surface area contributed by atoms with Crippen molar-refractivity contribution in [3.63, 3.8) is 0 Å². The van der Waals surface area contributed by atoms with Crippen LogP contribution in [0.15, 0.2) is 48.5 Å². The second-order valence-electron chi connectivity index (χ2n) is 5.81. The summed E-state index contributed by atoms with van der Waals surface area (Å²) in [5.41, 5.74) is 1.69. The van der Waals surface area contributed by atoms with E-state index in [2.05, 4.69) is 5.32 Å². The SMILES string of the molecule is Cc1ccc(F)c(C(O)C(O)CCNC(=O)OCc2ccccc2)c1. The van der Waals surface area contributed by atoms with E-state index in [1.165, 1.54) is 12.1 Å². The number of ether oxygens (including phenoxy) is 1. The molecule has 2 rings (SSSR count). The Labute approximate surface area is 146 Å². The molecule has 0 aromatic heterocycles. The van der Waals surface area contributed by atoms with E-state index in [0.717, 1.165) is 11.1 Å². The number of benzene rings is 2. The summed E-state index contributed by atoms with van der Waals surface area (Å²) in [6.07, 6.45) is -3.12. The first-order valence-corrected chi connectivity index (χ1v) is 8.04. The van der Waals surface area contributed by atoms with E-state index in [1.54, 1.807) is 13.0 Å². The molecule has 0 heterocycles. The molecule has 0 saturated heterocycles. The van der Waals surface area contributed by atoms with Gasteiger partial charge in [-0.2, -0.15) is 0 Å². The number of aryl methyl sites for hydroxylation is 1. The Morgan fingerprint density at radius 3 is 2.64 bits per heavy atom. The summed E-state index contributed by atoms with van der Waals surface area (Å²) in [6, 6.07) is 13.6. The quantitative estimate of drug-likeness (QED) is 0.720. The summed E-state index contributed by atoms with van der Waals surface area (Å²) < 4.78 is 18.8. The Balaban J connectivity index is 1.75. The van der Waals surface area contributed by atoms with E-state index in [0.29, 0.717) is 0 Å². The lowest BCUT2D eigenvalue weighted by atomic mass is 10.00. The Hall–Kier alpha value is -2.44. The number of alkyl carbamates (subject to hydrolysis) is 1. The second kappa shape index (κ2) is 9.15. The average molecular weight is 347 g/mol. The van der Waals surface area contributed by atoms with Gasteiger partial charge >= 0.3 is 6.09 Å². The van der Waals surface area contributed by atoms with Gasteiger partial charge in [0.2, 0.25) is 0 Å². The fraction of sp³-hybridized carbons (Fsp3) is 0.316. The standard InChI is InChI=1S/C19H22FNO4/c1-13-7-8-16(20)15(11-13)18(23)17(22)9-10-21-19(24)25-12-14-5-3-2-4-6-14/h2-8,11,17-18,22-23H,9-10,12H2,1H3,(H,21,24). The van der Waals surface area contributed by atoms with Crippen molar-refractivity contribution in [1.82, 2.24) is 5.32 Å². The van der Waals surface area contributed by atoms with Crippen molar-refractivity contribution in [2.75, 3.05) is 6.54 Å². The van der Waals surface area contributed by atoms with Crippen molar-refractivity contribution >= 4 is 6.09 Å². The summed E-state index contributed by atoms with van der Waals surface area (Å²) in [5, 5.41) is 22.6. The van der Waals surface area contributed by atoms with Crippen LogP contribution in [0.25, 0.3) is 0 Å². The zero-order valence-electron chi connectivity index (χ0n) is 14.0. The predicted molar refractivity (Wildman–Crippen MR) is 91.4 cm³/mol. The van der Waals surface area contributed by atoms with Gasteiger partial charge < -0.3 is 20.3 Å². The Morgan fingerprint density at radius 2 is 1.92 bits per heavy atom. The predicted octanol–water partition coefficient (Wildman–Crippen LogP) is 2.84. The van der Waals surface area contributed by atoms with Crippen LogP contribution >= 0.6 is 0 Å². The molecule has 0 bridgehead atoms. The van der Waals surface area contributed by atoms with Crippen LogP contribution in [-0.4, -0.2) is 29.0 Å². The average Bonchev–Trinajstić information content (AvgIpc) is 2.62. The molecule has 0 fully saturated rings. The molecule has 2 aromatic rings. The van der Waals surface area contributed by atoms with Gasteiger partial charge in [0, 0.05) is 12.1 Å². The van der Waals surface area contributed by atoms with Gasteiger partial charge in [-0.1, -0.05) is 48.0 Å². The Bertz CT molecular complexity index is 693. The highest BCUT2D eigenvalue weighted by atomic mass is 19.1. The molecule has 1 amide bonds. The van der Waals surface area contributed by atoms with Crippen LogP contribution in [0.4, 0.5) is 9.18 Å². The van der Waals surface area contributed by atoms with Gasteiger partial charge in [-0.05, 0) is 25.0 Å². The lowest BCUT2D eigenvalue weighted by Crippen LogP contribution is -2.30. The second-order valence-corrected chi connectivity index (χ2v) is 5.81. The smallest absolute Gasteiger partial charge is 0.407 e. The van der Waals surface area contributed by atoms with Crippen LogP contribution < -0.4 is 5.32 Å². The van der Waals surface area contributed by atoms with E-state index in [-0.39, 0.29) is 25.1 Å². The topological polar surface area (TPSA) is 78.8 Å². The van der Waals surface area contributed by atoms with Crippen molar-refractivity contribution in [2.24, 2.45) is 0 Å². The van der Waals surface area contributed by atoms with Crippen molar-refractivity contribution < 1.29 is 24.1 Å². The Morgan fingerprint density at radius 1 is 1.20 bits per heavy atom. The minimum Gasteiger partial charge on any atom is -0.445 e. The van der Waals surface area contributed by atoms with Crippen LogP contribution in [0.2, 0.25) is 0 Å². The summed E-state index contributed by atoms with van der Waals surface area (Å²) >= 11 is 0. The molecule has 2 unspecified atom stereocenters. The number of aliphatic hydroxyl groups excluding tert-OH is 2. The van der Waals surface area contributed by atoms with Crippen molar-refractivity contribution in [2.45, 2.75) is 32.2 Å². The number of amides is 1. The maximum atomic E-state index is 13.7. The molecule has 6 heteroatoms. The third-order valence-electron chi connectivity index (χ3n) is 3.76. The molecule has 0 aliphatic rings. The number of carbonyl (C=O) groups is 1. The molecule has 134 valence electrons. The number of hydrogen-bond acceptors (Lipinski definition) is 4. The molecule has 0 aliphatic carbocycles. The number of nitrogens with one attached hydrogen (secondary N) is 1. The van der Waals surface area contributed by atoms with E-state index in [1.807, 2.05) is 30.3 Å². The fourth-order valence-corrected chi connectivity index (χ4v) is 2.35. The van der Waals surface area contributed by atoms with Crippen molar-refractivity contribution in [3.05, 3.63) is 71.0 Å². The minimum absolute atomic E-state index is 0.0409. The summed E-state index contributed by atoms with van der Waals surface area (Å²) in [4.78, 5) is 11.6. The molecule has 0 aliphatic heterocycles. The first-order valence-electron chi connectivity index (χ1n) is 8.04. The largest absolute Gasteiger partial charge is 0.445 e. The van der Waals surface area contributed by atoms with E-state index in [4.69, 9.17) is 4.74 Å². The van der Waals surface area contributed by atoms with E-state index in [9.17, 15) is 19.4 Å². The molecular formula is C19H22FNO4. The third kappa shape index (κ3) is 5.85. The van der Waals surface area contributed by atoms with E-state index < -0.39 is 24.1 Å². The van der Waals surface area contributed by atoms with Crippen molar-refractivity contribution in [1.29, 1.82) is 0 Å². The van der Waals surface area contributed by atoms with Gasteiger partial charge in [0.1, 0.15) is 18.5 Å². The lowest BCUT2D eigenvalue weighted by Gasteiger charge is -2.19. The van der Waals surface area contributed by atoms with Gasteiger partial charge in [-0.15, -0.1) is 0 Å². The van der Waals surface area contributed by atoms with Gasteiger partial charge in [0.05, 0.1) is 6.10 Å². The van der Waals surface area contributed by atoms with Gasteiger partial charge in [0.15, 0.2) is 0 Å². The van der Waals surface area contributed by atoms with Crippen LogP contribution in [0.3, 0.4) is 0 Å². The molecule has 3 N–H and O–H groups in total. The summed E-state index contributed by atoms with van der Waals surface area (Å²) in [7, 11) is 0. The van der Waals surface area contributed by atoms with Crippen LogP contribution in [0, 0.1) is 12.7 Å². The molecule has 5 nitrogen and oxygen atoms in total. The number of halogens is 1. The lowest BCUT2D eigenvalue weighted by molar-refractivity contribution is 0.0116. The molecule has 2 atom stereocenters. The number of hydrogen-bond donors (Lipinski definition) is 3. The fourth-order valence-electron chi connectivity index (χ4n) is 2.35. The molecule has 0 saturated carbocycles. The molecule has 0 radical (unpaired) electrons. The van der Waals surface area contributed by atoms with Crippen LogP contribution in [-0.2, 0) is 11.3 Å². The molecule has 0 spiro atoms. The van der Waals surface area contributed by atoms with Gasteiger partial charge in [0.25, 0.3) is 0 Å². The normalized spacial score (nSPS) is 13.1. The first kappa shape index (κ1) is 18.9. The third-order valence-corrected chi connectivity index (χ3v) is 3.76. The Kier molecular flexibility index (Phi) is 6.91. The zero-order valence-corrected chi connectivity index (χ0v) is 14.0. The highest BCUT2D eigenvalue weighted by Gasteiger charge is 2.21. The summed E-state index contributed by atoms with van der Waals surface area (Å²) in [5.74, 6) is -0.576. The number of aliphatic hydroxyl groups is 2. The molecule has 25 heavy (non-hydrogen) atoms. The van der Waals surface area contributed by atoms with Crippen LogP contribution in [0.1, 0.15) is 29.2 Å². The maximum absolute atomic E-state index is 13.7. The zero-order chi connectivity index (χ0) is 18.2. The van der Waals surface area contributed by atoms with E-state index >= 15 is 0 Å². The van der Waals surface area contributed by atoms with Gasteiger partial charge in [-0.25, -0.2) is 9.18 Å². The number of carbonyl (C=O) groups excluding carboxylic acids is 1. The first-order chi connectivity index (χ1) is 12.0. The molecule has 2 aromatic carbocycles. The maximum Gasteiger partial charge on any atom is 0.407 e. The van der Waals surface area contributed by atoms with Crippen LogP contribution in [0.5, 0.6) is 0 Å². The summed E-state index contributed by atoms with van der Waals surface area (Å²) in [6.45, 7) is 2.01. The van der Waals surface area contributed by atoms with Gasteiger partial charge in [-0.3, -0.25) is 0 Å². The highest BCUT2D eigenvalue weighted by molar-refractivity contribution is 5.67. The monoisotopic (exact) mass is 347 g/mol. The highest BCUT2D eigenvalue weighted by Crippen LogP contribution is 2.22. The van der Waals surface area contributed by atoms with Crippen molar-refractivity contribution in [3.8, 4) is 0 Å². The number of rotatable bonds is 7. The molecular weight excluding hydrogens is 325 g/mol. The minimum atomic E-state index is -1.36.